The predicted octanol–water partition coefficient (Wildman–Crippen LogP) is 4.46. The Bertz CT molecular complexity index is 1180. The molecule has 0 bridgehead atoms. The number of benzene rings is 1. The van der Waals surface area contributed by atoms with Crippen molar-refractivity contribution < 1.29 is 27.5 Å². The molecule has 1 aliphatic carbocycles. The summed E-state index contributed by atoms with van der Waals surface area (Å²) in [5, 5.41) is 7.92. The Kier molecular flexibility index (Phi) is 7.10. The molecule has 1 saturated carbocycles. The Labute approximate surface area is 217 Å². The van der Waals surface area contributed by atoms with Crippen molar-refractivity contribution >= 4 is 23.6 Å². The zero-order chi connectivity index (χ0) is 26.2. The number of nitrogens with zero attached hydrogens (tertiary/aromatic N) is 4. The average Bonchev–Trinajstić information content (AvgIpc) is 3.43. The van der Waals surface area contributed by atoms with Crippen LogP contribution in [0.1, 0.15) is 59.4 Å². The summed E-state index contributed by atoms with van der Waals surface area (Å²) >= 11 is 5.83. The van der Waals surface area contributed by atoms with Crippen molar-refractivity contribution in [3.63, 3.8) is 0 Å². The summed E-state index contributed by atoms with van der Waals surface area (Å²) in [5.41, 5.74) is 0.189. The molecule has 0 radical (unpaired) electrons. The lowest BCUT2D eigenvalue weighted by Gasteiger charge is -2.45. The number of amides is 2. The van der Waals surface area contributed by atoms with Gasteiger partial charge in [0.05, 0.1) is 23.3 Å². The second-order valence-corrected chi connectivity index (χ2v) is 10.4. The number of aryl methyl sites for hydroxylation is 1. The van der Waals surface area contributed by atoms with Crippen LogP contribution in [-0.2, 0) is 30.6 Å². The number of hydrogen-bond acceptors (Lipinski definition) is 5. The molecule has 2 aliphatic heterocycles. The smallest absolute Gasteiger partial charge is 0.416 e. The molecule has 1 N–H and O–H groups in total. The van der Waals surface area contributed by atoms with Crippen LogP contribution in [0.3, 0.4) is 0 Å². The Morgan fingerprint density at radius 2 is 1.86 bits per heavy atom. The van der Waals surface area contributed by atoms with Gasteiger partial charge in [0.2, 0.25) is 0 Å². The quantitative estimate of drug-likeness (QED) is 0.623. The van der Waals surface area contributed by atoms with Crippen LogP contribution in [0.5, 0.6) is 0 Å². The van der Waals surface area contributed by atoms with Gasteiger partial charge in [-0.2, -0.15) is 18.3 Å². The number of carbonyl (C=O) groups excluding carboxylic acids is 2. The van der Waals surface area contributed by atoms with Gasteiger partial charge in [-0.3, -0.25) is 9.48 Å². The number of rotatable bonds is 3. The second kappa shape index (κ2) is 10.2. The van der Waals surface area contributed by atoms with E-state index >= 15 is 0 Å². The molecule has 200 valence electrons. The first-order valence-corrected chi connectivity index (χ1v) is 12.9. The van der Waals surface area contributed by atoms with Crippen LogP contribution in [-0.4, -0.2) is 63.3 Å². The fourth-order valence-corrected chi connectivity index (χ4v) is 5.89. The molecule has 12 heteroatoms. The third-order valence-corrected chi connectivity index (χ3v) is 7.68. The van der Waals surface area contributed by atoms with E-state index in [4.69, 9.17) is 16.3 Å². The highest BCUT2D eigenvalue weighted by Gasteiger charge is 2.44. The number of hydrogen-bond donors (Lipinski definition) is 1. The summed E-state index contributed by atoms with van der Waals surface area (Å²) in [7, 11) is 0. The van der Waals surface area contributed by atoms with Crippen LogP contribution >= 0.6 is 11.6 Å². The lowest BCUT2D eigenvalue weighted by molar-refractivity contribution is -0.137. The number of nitrogens with one attached hydrogen (secondary N) is 1. The molecule has 5 rings (SSSR count). The number of ether oxygens (including phenoxy) is 1. The van der Waals surface area contributed by atoms with Crippen molar-refractivity contribution in [1.82, 2.24) is 24.9 Å². The van der Waals surface area contributed by atoms with Gasteiger partial charge in [0, 0.05) is 37.7 Å². The fraction of sp³-hybridized carbons (Fsp3) is 0.560. The van der Waals surface area contributed by atoms with Crippen LogP contribution in [0.4, 0.5) is 18.0 Å². The van der Waals surface area contributed by atoms with Crippen LogP contribution in [0.25, 0.3) is 0 Å². The molecule has 37 heavy (non-hydrogen) atoms. The third kappa shape index (κ3) is 5.43. The van der Waals surface area contributed by atoms with Crippen molar-refractivity contribution in [2.45, 2.75) is 63.5 Å². The lowest BCUT2D eigenvalue weighted by atomic mass is 9.92. The molecule has 3 heterocycles. The van der Waals surface area contributed by atoms with Crippen molar-refractivity contribution in [3.05, 3.63) is 51.8 Å². The Morgan fingerprint density at radius 1 is 1.08 bits per heavy atom. The summed E-state index contributed by atoms with van der Waals surface area (Å²) in [4.78, 5) is 29.7. The van der Waals surface area contributed by atoms with Gasteiger partial charge in [0.15, 0.2) is 5.69 Å². The zero-order valence-electron chi connectivity index (χ0n) is 20.3. The maximum absolute atomic E-state index is 13.5. The maximum Gasteiger partial charge on any atom is 0.416 e. The van der Waals surface area contributed by atoms with Gasteiger partial charge < -0.3 is 19.9 Å². The summed E-state index contributed by atoms with van der Waals surface area (Å²) in [5.74, 6) is -0.0838. The summed E-state index contributed by atoms with van der Waals surface area (Å²) < 4.78 is 46.3. The van der Waals surface area contributed by atoms with E-state index in [1.54, 1.807) is 10.7 Å². The first-order valence-electron chi connectivity index (χ1n) is 12.5. The van der Waals surface area contributed by atoms with Gasteiger partial charge in [0.25, 0.3) is 5.91 Å². The minimum atomic E-state index is -4.55. The number of fused-ring (bicyclic) bond motifs is 1. The molecule has 0 atom stereocenters. The highest BCUT2D eigenvalue weighted by atomic mass is 35.5. The van der Waals surface area contributed by atoms with Crippen molar-refractivity contribution in [3.8, 4) is 0 Å². The van der Waals surface area contributed by atoms with Crippen LogP contribution in [0.15, 0.2) is 24.3 Å². The summed E-state index contributed by atoms with van der Waals surface area (Å²) in [6.07, 6.45) is -0.423. The SMILES string of the molecule is O=C(OCc1cc(Cl)cc(C(F)(F)F)c1)N1CCCn2nc(C(=O)N3CCNCC34CCCC4)cc2C1. The lowest BCUT2D eigenvalue weighted by Crippen LogP contribution is -2.61. The average molecular weight is 540 g/mol. The monoisotopic (exact) mass is 539 g/mol. The van der Waals surface area contributed by atoms with Gasteiger partial charge in [0.1, 0.15) is 6.61 Å². The molecule has 1 aromatic carbocycles. The zero-order valence-corrected chi connectivity index (χ0v) is 21.1. The Morgan fingerprint density at radius 3 is 2.62 bits per heavy atom. The Balaban J connectivity index is 1.26. The normalized spacial score (nSPS) is 19.6. The number of halogens is 4. The highest BCUT2D eigenvalue weighted by Crippen LogP contribution is 2.37. The van der Waals surface area contributed by atoms with E-state index in [2.05, 4.69) is 10.4 Å². The van der Waals surface area contributed by atoms with E-state index in [0.29, 0.717) is 31.7 Å². The standard InChI is InChI=1S/C25H29ClF3N5O3/c26-19-11-17(10-18(12-19)25(27,28)29)15-37-23(36)32-7-3-8-34-20(14-32)13-21(31-34)22(35)33-9-6-30-16-24(33)4-1-2-5-24/h10-13,30H,1-9,14-16H2. The molecule has 8 nitrogen and oxygen atoms in total. The van der Waals surface area contributed by atoms with E-state index in [1.165, 1.54) is 11.0 Å². The van der Waals surface area contributed by atoms with E-state index < -0.39 is 17.8 Å². The molecule has 3 aliphatic rings. The third-order valence-electron chi connectivity index (χ3n) is 7.46. The van der Waals surface area contributed by atoms with E-state index in [-0.39, 0.29) is 35.2 Å². The van der Waals surface area contributed by atoms with Gasteiger partial charge in [-0.15, -0.1) is 0 Å². The van der Waals surface area contributed by atoms with Crippen LogP contribution in [0, 0.1) is 0 Å². The molecule has 2 fully saturated rings. The number of alkyl halides is 3. The molecule has 1 aromatic heterocycles. The van der Waals surface area contributed by atoms with Crippen molar-refractivity contribution in [1.29, 1.82) is 0 Å². The van der Waals surface area contributed by atoms with E-state index in [9.17, 15) is 22.8 Å². The fourth-order valence-electron chi connectivity index (χ4n) is 5.64. The maximum atomic E-state index is 13.5. The number of aromatic nitrogens is 2. The molecular weight excluding hydrogens is 511 g/mol. The number of carbonyl (C=O) groups is 2. The van der Waals surface area contributed by atoms with E-state index in [1.807, 2.05) is 4.90 Å². The Hall–Kier alpha value is -2.79. The minimum absolute atomic E-state index is 0.0828. The first kappa shape index (κ1) is 25.8. The highest BCUT2D eigenvalue weighted by molar-refractivity contribution is 6.30. The minimum Gasteiger partial charge on any atom is -0.445 e. The van der Waals surface area contributed by atoms with Crippen LogP contribution < -0.4 is 5.32 Å². The molecule has 2 amide bonds. The van der Waals surface area contributed by atoms with Crippen molar-refractivity contribution in [2.24, 2.45) is 0 Å². The first-order chi connectivity index (χ1) is 17.6. The second-order valence-electron chi connectivity index (χ2n) is 9.98. The molecular formula is C25H29ClF3N5O3. The van der Waals surface area contributed by atoms with Crippen LogP contribution in [0.2, 0.25) is 5.02 Å². The van der Waals surface area contributed by atoms with Gasteiger partial charge in [-0.05, 0) is 49.1 Å². The van der Waals surface area contributed by atoms with E-state index in [0.717, 1.165) is 56.6 Å². The summed E-state index contributed by atoms with van der Waals surface area (Å²) in [6, 6.07) is 4.83. The van der Waals surface area contributed by atoms with Crippen molar-refractivity contribution in [2.75, 3.05) is 26.2 Å². The van der Waals surface area contributed by atoms with Gasteiger partial charge >= 0.3 is 12.3 Å². The topological polar surface area (TPSA) is 79.7 Å². The molecule has 1 spiro atoms. The molecule has 1 saturated heterocycles. The number of piperazine rings is 1. The molecule has 0 unspecified atom stereocenters. The predicted molar refractivity (Wildman–Crippen MR) is 129 cm³/mol. The van der Waals surface area contributed by atoms with Gasteiger partial charge in [-0.1, -0.05) is 24.4 Å². The van der Waals surface area contributed by atoms with Gasteiger partial charge in [-0.25, -0.2) is 4.79 Å². The largest absolute Gasteiger partial charge is 0.445 e. The molecule has 2 aromatic rings. The summed E-state index contributed by atoms with van der Waals surface area (Å²) in [6.45, 7) is 2.97.